The SMILES string of the molecule is CN1CCC(CN=C(N)NCC2CCC2)(N2CCOCC2)CC1. The summed E-state index contributed by atoms with van der Waals surface area (Å²) in [6.07, 6.45) is 6.39. The standard InChI is InChI=1S/C17H33N5O/c1-21-7-5-17(6-8-21,22-9-11-23-12-10-22)14-20-16(18)19-13-15-3-2-4-15/h15H,2-14H2,1H3,(H3,18,19,20). The summed E-state index contributed by atoms with van der Waals surface area (Å²) < 4.78 is 5.54. The molecule has 6 nitrogen and oxygen atoms in total. The Morgan fingerprint density at radius 2 is 1.91 bits per heavy atom. The Kier molecular flexibility index (Phi) is 5.77. The van der Waals surface area contributed by atoms with Crippen molar-refractivity contribution in [3.05, 3.63) is 0 Å². The van der Waals surface area contributed by atoms with Crippen LogP contribution in [0.15, 0.2) is 4.99 Å². The summed E-state index contributed by atoms with van der Waals surface area (Å²) in [6.45, 7) is 7.81. The van der Waals surface area contributed by atoms with Crippen molar-refractivity contribution in [1.82, 2.24) is 15.1 Å². The van der Waals surface area contributed by atoms with Crippen LogP contribution in [0.3, 0.4) is 0 Å². The summed E-state index contributed by atoms with van der Waals surface area (Å²) in [4.78, 5) is 9.75. The molecule has 0 amide bonds. The molecule has 3 rings (SSSR count). The van der Waals surface area contributed by atoms with Crippen molar-refractivity contribution < 1.29 is 4.74 Å². The summed E-state index contributed by atoms with van der Waals surface area (Å²) in [7, 11) is 2.21. The molecule has 1 saturated carbocycles. The third-order valence-electron chi connectivity index (χ3n) is 5.94. The van der Waals surface area contributed by atoms with Crippen LogP contribution in [0, 0.1) is 5.92 Å². The second-order valence-electron chi connectivity index (χ2n) is 7.51. The van der Waals surface area contributed by atoms with Crippen molar-refractivity contribution in [1.29, 1.82) is 0 Å². The van der Waals surface area contributed by atoms with Gasteiger partial charge in [-0.1, -0.05) is 6.42 Å². The summed E-state index contributed by atoms with van der Waals surface area (Å²) in [5.74, 6) is 1.43. The minimum Gasteiger partial charge on any atom is -0.379 e. The largest absolute Gasteiger partial charge is 0.379 e. The molecule has 0 radical (unpaired) electrons. The molecule has 2 saturated heterocycles. The van der Waals surface area contributed by atoms with Crippen LogP contribution in [0.5, 0.6) is 0 Å². The third kappa shape index (κ3) is 4.37. The van der Waals surface area contributed by atoms with Gasteiger partial charge in [-0.3, -0.25) is 9.89 Å². The predicted octanol–water partition coefficient (Wildman–Crippen LogP) is 0.487. The number of nitrogens with zero attached hydrogens (tertiary/aromatic N) is 3. The van der Waals surface area contributed by atoms with Gasteiger partial charge >= 0.3 is 0 Å². The lowest BCUT2D eigenvalue weighted by molar-refractivity contribution is -0.0411. The average molecular weight is 323 g/mol. The van der Waals surface area contributed by atoms with Crippen LogP contribution in [0.4, 0.5) is 0 Å². The predicted molar refractivity (Wildman–Crippen MR) is 93.7 cm³/mol. The Morgan fingerprint density at radius 1 is 1.22 bits per heavy atom. The number of hydrogen-bond acceptors (Lipinski definition) is 4. The number of ether oxygens (including phenoxy) is 1. The van der Waals surface area contributed by atoms with Gasteiger partial charge in [0.2, 0.25) is 0 Å². The maximum Gasteiger partial charge on any atom is 0.188 e. The zero-order valence-electron chi connectivity index (χ0n) is 14.6. The van der Waals surface area contributed by atoms with E-state index in [1.807, 2.05) is 0 Å². The highest BCUT2D eigenvalue weighted by atomic mass is 16.5. The van der Waals surface area contributed by atoms with Gasteiger partial charge < -0.3 is 20.7 Å². The van der Waals surface area contributed by atoms with Crippen molar-refractivity contribution in [2.75, 3.05) is 59.5 Å². The quantitative estimate of drug-likeness (QED) is 0.569. The first-order valence-corrected chi connectivity index (χ1v) is 9.23. The highest BCUT2D eigenvalue weighted by molar-refractivity contribution is 5.77. The molecule has 23 heavy (non-hydrogen) atoms. The van der Waals surface area contributed by atoms with E-state index in [2.05, 4.69) is 22.2 Å². The van der Waals surface area contributed by atoms with E-state index in [4.69, 9.17) is 15.5 Å². The molecule has 3 fully saturated rings. The topological polar surface area (TPSA) is 66.1 Å². The molecule has 3 aliphatic rings. The Bertz CT molecular complexity index is 396. The number of guanidine groups is 1. The lowest BCUT2D eigenvalue weighted by Crippen LogP contribution is -2.60. The van der Waals surface area contributed by atoms with E-state index in [0.717, 1.165) is 58.4 Å². The van der Waals surface area contributed by atoms with E-state index >= 15 is 0 Å². The van der Waals surface area contributed by atoms with Crippen molar-refractivity contribution in [2.24, 2.45) is 16.6 Å². The van der Waals surface area contributed by atoms with Crippen molar-refractivity contribution in [3.8, 4) is 0 Å². The first-order chi connectivity index (χ1) is 11.2. The number of aliphatic imine (C=N–C) groups is 1. The van der Waals surface area contributed by atoms with E-state index in [1.165, 1.54) is 32.1 Å². The zero-order chi connectivity index (χ0) is 16.1. The fraction of sp³-hybridized carbons (Fsp3) is 0.941. The minimum absolute atomic E-state index is 0.166. The second-order valence-corrected chi connectivity index (χ2v) is 7.51. The van der Waals surface area contributed by atoms with Crippen molar-refractivity contribution in [3.63, 3.8) is 0 Å². The third-order valence-corrected chi connectivity index (χ3v) is 5.94. The van der Waals surface area contributed by atoms with Crippen LogP contribution in [0.2, 0.25) is 0 Å². The second kappa shape index (κ2) is 7.81. The maximum atomic E-state index is 6.12. The number of nitrogens with one attached hydrogen (secondary N) is 1. The molecule has 2 aliphatic heterocycles. The molecule has 0 aromatic rings. The summed E-state index contributed by atoms with van der Waals surface area (Å²) >= 11 is 0. The molecule has 2 heterocycles. The number of nitrogens with two attached hydrogens (primary N) is 1. The number of morpholine rings is 1. The zero-order valence-corrected chi connectivity index (χ0v) is 14.6. The van der Waals surface area contributed by atoms with Gasteiger partial charge in [-0.2, -0.15) is 0 Å². The number of piperidine rings is 1. The van der Waals surface area contributed by atoms with Crippen molar-refractivity contribution in [2.45, 2.75) is 37.6 Å². The molecule has 0 aromatic carbocycles. The summed E-state index contributed by atoms with van der Waals surface area (Å²) in [5.41, 5.74) is 6.28. The molecule has 0 spiro atoms. The van der Waals surface area contributed by atoms with Gasteiger partial charge in [-0.15, -0.1) is 0 Å². The average Bonchev–Trinajstić information content (AvgIpc) is 2.54. The molecular weight excluding hydrogens is 290 g/mol. The van der Waals surface area contributed by atoms with E-state index in [0.29, 0.717) is 5.96 Å². The van der Waals surface area contributed by atoms with Crippen LogP contribution >= 0.6 is 0 Å². The molecule has 132 valence electrons. The van der Waals surface area contributed by atoms with Crippen LogP contribution in [0.1, 0.15) is 32.1 Å². The van der Waals surface area contributed by atoms with E-state index in [1.54, 1.807) is 0 Å². The van der Waals surface area contributed by atoms with Gasteiger partial charge in [-0.25, -0.2) is 0 Å². The molecule has 6 heteroatoms. The van der Waals surface area contributed by atoms with E-state index in [-0.39, 0.29) is 5.54 Å². The van der Waals surface area contributed by atoms with Gasteiger partial charge in [0.25, 0.3) is 0 Å². The number of likely N-dealkylation sites (tertiary alicyclic amines) is 1. The smallest absolute Gasteiger partial charge is 0.188 e. The maximum absolute atomic E-state index is 6.12. The Morgan fingerprint density at radius 3 is 2.52 bits per heavy atom. The molecule has 0 bridgehead atoms. The molecule has 0 aromatic heterocycles. The molecule has 0 atom stereocenters. The van der Waals surface area contributed by atoms with E-state index < -0.39 is 0 Å². The number of rotatable bonds is 5. The highest BCUT2D eigenvalue weighted by Crippen LogP contribution is 2.30. The Hall–Kier alpha value is -0.850. The fourth-order valence-electron chi connectivity index (χ4n) is 3.88. The lowest BCUT2D eigenvalue weighted by atomic mass is 9.85. The van der Waals surface area contributed by atoms with Gasteiger partial charge in [0.15, 0.2) is 5.96 Å². The van der Waals surface area contributed by atoms with Gasteiger partial charge in [0.1, 0.15) is 0 Å². The van der Waals surface area contributed by atoms with Crippen LogP contribution < -0.4 is 11.1 Å². The van der Waals surface area contributed by atoms with Gasteiger partial charge in [0.05, 0.1) is 19.8 Å². The minimum atomic E-state index is 0.166. The van der Waals surface area contributed by atoms with Crippen LogP contribution in [-0.2, 0) is 4.74 Å². The van der Waals surface area contributed by atoms with Crippen molar-refractivity contribution >= 4 is 5.96 Å². The van der Waals surface area contributed by atoms with E-state index in [9.17, 15) is 0 Å². The first kappa shape index (κ1) is 17.0. The normalized spacial score (nSPS) is 27.6. The Labute approximate surface area is 140 Å². The fourth-order valence-corrected chi connectivity index (χ4v) is 3.88. The molecule has 3 N–H and O–H groups in total. The van der Waals surface area contributed by atoms with Crippen LogP contribution in [0.25, 0.3) is 0 Å². The summed E-state index contributed by atoms with van der Waals surface area (Å²) in [5, 5.41) is 3.33. The Balaban J connectivity index is 1.58. The monoisotopic (exact) mass is 323 g/mol. The van der Waals surface area contributed by atoms with Gasteiger partial charge in [0, 0.05) is 25.2 Å². The highest BCUT2D eigenvalue weighted by Gasteiger charge is 2.39. The summed E-state index contributed by atoms with van der Waals surface area (Å²) in [6, 6.07) is 0. The van der Waals surface area contributed by atoms with Crippen LogP contribution in [-0.4, -0.2) is 80.8 Å². The van der Waals surface area contributed by atoms with Gasteiger partial charge in [-0.05, 0) is 51.7 Å². The first-order valence-electron chi connectivity index (χ1n) is 9.23. The lowest BCUT2D eigenvalue weighted by Gasteiger charge is -2.49. The molecule has 1 aliphatic carbocycles. The number of hydrogen-bond donors (Lipinski definition) is 2. The molecule has 0 unspecified atom stereocenters. The molecular formula is C17H33N5O.